The first kappa shape index (κ1) is 28.1. The molecule has 2 aromatic carbocycles. The van der Waals surface area contributed by atoms with E-state index in [1.54, 1.807) is 0 Å². The molecular formula is C35H52O2. The van der Waals surface area contributed by atoms with E-state index in [-0.39, 0.29) is 10.8 Å². The van der Waals surface area contributed by atoms with Crippen LogP contribution in [0.25, 0.3) is 0 Å². The van der Waals surface area contributed by atoms with Gasteiger partial charge in [-0.15, -0.1) is 0 Å². The average Bonchev–Trinajstić information content (AvgIpc) is 2.82. The van der Waals surface area contributed by atoms with Crippen LogP contribution in [-0.2, 0) is 17.3 Å². The summed E-state index contributed by atoms with van der Waals surface area (Å²) in [6.45, 7) is 13.6. The fourth-order valence-electron chi connectivity index (χ4n) is 8.10. The van der Waals surface area contributed by atoms with Gasteiger partial charge in [0, 0.05) is 11.1 Å². The molecule has 0 bridgehead atoms. The summed E-state index contributed by atoms with van der Waals surface area (Å²) in [5, 5.41) is 22.4. The molecule has 0 heterocycles. The van der Waals surface area contributed by atoms with E-state index in [9.17, 15) is 10.2 Å². The Bertz CT molecular complexity index is 980. The van der Waals surface area contributed by atoms with Gasteiger partial charge in [0.2, 0.25) is 0 Å². The van der Waals surface area contributed by atoms with Crippen LogP contribution in [0.4, 0.5) is 0 Å². The maximum absolute atomic E-state index is 11.2. The van der Waals surface area contributed by atoms with Crippen LogP contribution >= 0.6 is 0 Å². The highest BCUT2D eigenvalue weighted by atomic mass is 16.3. The van der Waals surface area contributed by atoms with Crippen molar-refractivity contribution < 1.29 is 10.2 Å². The van der Waals surface area contributed by atoms with E-state index in [1.165, 1.54) is 97.6 Å². The molecule has 0 saturated heterocycles. The molecule has 0 radical (unpaired) electrons. The summed E-state index contributed by atoms with van der Waals surface area (Å²) in [4.78, 5) is 0. The number of phenols is 2. The highest BCUT2D eigenvalue weighted by Gasteiger charge is 2.38. The third kappa shape index (κ3) is 6.04. The predicted molar refractivity (Wildman–Crippen MR) is 157 cm³/mol. The largest absolute Gasteiger partial charge is 0.508 e. The molecule has 0 unspecified atom stereocenters. The number of aromatic hydroxyl groups is 2. The van der Waals surface area contributed by atoms with Gasteiger partial charge < -0.3 is 10.2 Å². The van der Waals surface area contributed by atoms with Crippen molar-refractivity contribution in [2.24, 2.45) is 11.8 Å². The topological polar surface area (TPSA) is 40.5 Å². The molecule has 37 heavy (non-hydrogen) atoms. The van der Waals surface area contributed by atoms with Gasteiger partial charge in [0.05, 0.1) is 0 Å². The van der Waals surface area contributed by atoms with Gasteiger partial charge in [0.25, 0.3) is 0 Å². The average molecular weight is 505 g/mol. The molecule has 2 heteroatoms. The lowest BCUT2D eigenvalue weighted by molar-refractivity contribution is 0.238. The minimum Gasteiger partial charge on any atom is -0.508 e. The molecule has 4 rings (SSSR count). The molecule has 2 aliphatic rings. The maximum Gasteiger partial charge on any atom is 0.119 e. The van der Waals surface area contributed by atoms with Gasteiger partial charge in [-0.3, -0.25) is 0 Å². The summed E-state index contributed by atoms with van der Waals surface area (Å²) in [7, 11) is 0. The number of aryl methyl sites for hydroxylation is 2. The smallest absolute Gasteiger partial charge is 0.119 e. The van der Waals surface area contributed by atoms with Crippen molar-refractivity contribution in [1.29, 1.82) is 0 Å². The SMILES string of the molecule is Cc1cc(O)c(C2(CC(C)C)CCCCC2)cc1Cc1cc(C2(CC(C)C)CCCCC2)c(O)cc1C. The minimum absolute atomic E-state index is 0.0948. The zero-order chi connectivity index (χ0) is 26.8. The molecule has 2 fully saturated rings. The first-order valence-corrected chi connectivity index (χ1v) is 15.2. The molecule has 0 atom stereocenters. The first-order valence-electron chi connectivity index (χ1n) is 15.2. The molecule has 2 nitrogen and oxygen atoms in total. The van der Waals surface area contributed by atoms with E-state index in [4.69, 9.17) is 0 Å². The molecule has 2 saturated carbocycles. The predicted octanol–water partition coefficient (Wildman–Crippen LogP) is 9.80. The van der Waals surface area contributed by atoms with Gasteiger partial charge in [-0.1, -0.05) is 78.4 Å². The summed E-state index contributed by atoms with van der Waals surface area (Å²) < 4.78 is 0. The zero-order valence-electron chi connectivity index (χ0n) is 24.6. The Kier molecular flexibility index (Phi) is 8.66. The Morgan fingerprint density at radius 3 is 1.27 bits per heavy atom. The van der Waals surface area contributed by atoms with Crippen LogP contribution in [0.15, 0.2) is 24.3 Å². The van der Waals surface area contributed by atoms with Crippen molar-refractivity contribution in [2.75, 3.05) is 0 Å². The van der Waals surface area contributed by atoms with Crippen LogP contribution in [0.3, 0.4) is 0 Å². The summed E-state index contributed by atoms with van der Waals surface area (Å²) in [5.41, 5.74) is 7.53. The number of benzene rings is 2. The second kappa shape index (κ2) is 11.4. The standard InChI is InChI=1S/C35H52O2/c1-24(2)22-34(13-9-7-10-14-34)30-20-28(26(5)17-32(30)36)19-29-21-31(33(37)18-27(29)6)35(23-25(3)4)15-11-8-12-16-35/h17-18,20-21,24-25,36-37H,7-16,19,22-23H2,1-6H3. The first-order chi connectivity index (χ1) is 17.5. The quantitative estimate of drug-likeness (QED) is 0.375. The van der Waals surface area contributed by atoms with Gasteiger partial charge in [-0.05, 0) is 116 Å². The van der Waals surface area contributed by atoms with Crippen molar-refractivity contribution in [3.05, 3.63) is 57.6 Å². The van der Waals surface area contributed by atoms with E-state index in [2.05, 4.69) is 53.7 Å². The summed E-state index contributed by atoms with van der Waals surface area (Å²) in [6.07, 6.45) is 15.5. The van der Waals surface area contributed by atoms with Crippen LogP contribution in [0, 0.1) is 25.7 Å². The number of phenolic OH excluding ortho intramolecular Hbond substituents is 2. The second-order valence-corrected chi connectivity index (χ2v) is 13.6. The van der Waals surface area contributed by atoms with Gasteiger partial charge in [0.15, 0.2) is 0 Å². The minimum atomic E-state index is 0.0948. The lowest BCUT2D eigenvalue weighted by atomic mass is 9.64. The van der Waals surface area contributed by atoms with Gasteiger partial charge in [-0.2, -0.15) is 0 Å². The van der Waals surface area contributed by atoms with Crippen LogP contribution in [0.2, 0.25) is 0 Å². The molecule has 0 aromatic heterocycles. The fourth-order valence-corrected chi connectivity index (χ4v) is 8.10. The monoisotopic (exact) mass is 504 g/mol. The highest BCUT2D eigenvalue weighted by Crippen LogP contribution is 2.49. The number of hydrogen-bond donors (Lipinski definition) is 2. The van der Waals surface area contributed by atoms with Crippen molar-refractivity contribution in [2.45, 2.75) is 136 Å². The van der Waals surface area contributed by atoms with E-state index < -0.39 is 0 Å². The highest BCUT2D eigenvalue weighted by molar-refractivity contribution is 5.51. The Morgan fingerprint density at radius 1 is 0.595 bits per heavy atom. The molecule has 0 aliphatic heterocycles. The molecular weight excluding hydrogens is 452 g/mol. The summed E-state index contributed by atoms with van der Waals surface area (Å²) >= 11 is 0. The van der Waals surface area contributed by atoms with Gasteiger partial charge >= 0.3 is 0 Å². The van der Waals surface area contributed by atoms with E-state index in [1.807, 2.05) is 12.1 Å². The van der Waals surface area contributed by atoms with Crippen LogP contribution in [0.5, 0.6) is 11.5 Å². The number of rotatable bonds is 8. The van der Waals surface area contributed by atoms with Crippen molar-refractivity contribution in [3.63, 3.8) is 0 Å². The van der Waals surface area contributed by atoms with Crippen LogP contribution in [-0.4, -0.2) is 10.2 Å². The third-order valence-corrected chi connectivity index (χ3v) is 9.65. The normalized spacial score (nSPS) is 19.5. The fraction of sp³-hybridized carbons (Fsp3) is 0.657. The summed E-state index contributed by atoms with van der Waals surface area (Å²) in [6, 6.07) is 8.77. The zero-order valence-corrected chi connectivity index (χ0v) is 24.6. The second-order valence-electron chi connectivity index (χ2n) is 13.6. The third-order valence-electron chi connectivity index (χ3n) is 9.65. The van der Waals surface area contributed by atoms with Crippen LogP contribution in [0.1, 0.15) is 138 Å². The molecule has 0 spiro atoms. The molecule has 2 aliphatic carbocycles. The molecule has 204 valence electrons. The van der Waals surface area contributed by atoms with E-state index in [0.717, 1.165) is 19.3 Å². The Balaban J connectivity index is 1.75. The Morgan fingerprint density at radius 2 is 0.946 bits per heavy atom. The van der Waals surface area contributed by atoms with Gasteiger partial charge in [-0.25, -0.2) is 0 Å². The van der Waals surface area contributed by atoms with E-state index in [0.29, 0.717) is 23.3 Å². The molecule has 0 amide bonds. The van der Waals surface area contributed by atoms with Crippen LogP contribution < -0.4 is 0 Å². The Hall–Kier alpha value is -1.96. The van der Waals surface area contributed by atoms with Gasteiger partial charge in [0.1, 0.15) is 11.5 Å². The number of hydrogen-bond acceptors (Lipinski definition) is 2. The maximum atomic E-state index is 11.2. The molecule has 2 aromatic rings. The Labute approximate surface area is 226 Å². The van der Waals surface area contributed by atoms with E-state index >= 15 is 0 Å². The lowest BCUT2D eigenvalue weighted by Gasteiger charge is -2.40. The lowest BCUT2D eigenvalue weighted by Crippen LogP contribution is -2.31. The molecule has 2 N–H and O–H groups in total. The van der Waals surface area contributed by atoms with Crippen molar-refractivity contribution >= 4 is 0 Å². The van der Waals surface area contributed by atoms with Crippen molar-refractivity contribution in [1.82, 2.24) is 0 Å². The van der Waals surface area contributed by atoms with Crippen molar-refractivity contribution in [3.8, 4) is 11.5 Å². The summed E-state index contributed by atoms with van der Waals surface area (Å²) in [5.74, 6) is 2.20.